The predicted octanol–water partition coefficient (Wildman–Crippen LogP) is 3.75. The van der Waals surface area contributed by atoms with Crippen molar-refractivity contribution in [3.8, 4) is 0 Å². The van der Waals surface area contributed by atoms with Crippen LogP contribution in [0.25, 0.3) is 0 Å². The van der Waals surface area contributed by atoms with Crippen molar-refractivity contribution < 1.29 is 28.7 Å². The fraction of sp³-hybridized carbons (Fsp3) is 0.400. The zero-order valence-electron chi connectivity index (χ0n) is 18.8. The highest BCUT2D eigenvalue weighted by Crippen LogP contribution is 2.42. The molecule has 32 heavy (non-hydrogen) atoms. The minimum atomic E-state index is -1.18. The molecule has 0 aliphatic carbocycles. The number of amides is 1. The number of benzene rings is 2. The van der Waals surface area contributed by atoms with Crippen molar-refractivity contribution in [3.63, 3.8) is 0 Å². The van der Waals surface area contributed by atoms with Gasteiger partial charge in [-0.3, -0.25) is 19.2 Å². The van der Waals surface area contributed by atoms with E-state index in [9.17, 15) is 14.4 Å². The fourth-order valence-corrected chi connectivity index (χ4v) is 4.22. The van der Waals surface area contributed by atoms with Gasteiger partial charge in [0.15, 0.2) is 5.92 Å². The van der Waals surface area contributed by atoms with Crippen LogP contribution in [0.15, 0.2) is 60.7 Å². The second kappa shape index (κ2) is 9.96. The van der Waals surface area contributed by atoms with E-state index in [1.807, 2.05) is 50.2 Å². The second-order valence-corrected chi connectivity index (χ2v) is 8.47. The Balaban J connectivity index is 2.07. The quantitative estimate of drug-likeness (QED) is 0.504. The lowest BCUT2D eigenvalue weighted by Crippen LogP contribution is -2.55. The summed E-state index contributed by atoms with van der Waals surface area (Å²) in [6.07, 6.45) is 0.600. The lowest BCUT2D eigenvalue weighted by atomic mass is 9.77. The van der Waals surface area contributed by atoms with Crippen molar-refractivity contribution in [2.45, 2.75) is 44.2 Å². The number of carbonyl (C=O) groups excluding carboxylic acids is 3. The van der Waals surface area contributed by atoms with E-state index in [1.165, 1.54) is 19.3 Å². The Bertz CT molecular complexity index is 927. The molecule has 0 bridgehead atoms. The van der Waals surface area contributed by atoms with Gasteiger partial charge in [0.25, 0.3) is 5.91 Å². The molecule has 1 unspecified atom stereocenters. The van der Waals surface area contributed by atoms with Crippen LogP contribution in [0.5, 0.6) is 0 Å². The maximum absolute atomic E-state index is 13.5. The molecule has 7 nitrogen and oxygen atoms in total. The van der Waals surface area contributed by atoms with Crippen LogP contribution in [-0.2, 0) is 23.9 Å². The third-order valence-corrected chi connectivity index (χ3v) is 5.72. The molecule has 2 atom stereocenters. The zero-order chi connectivity index (χ0) is 23.3. The molecule has 1 fully saturated rings. The number of methoxy groups -OCH3 is 2. The van der Waals surface area contributed by atoms with Crippen LogP contribution < -0.4 is 0 Å². The number of ether oxygens (including phenoxy) is 2. The SMILES string of the molecule is COC(=O)C(CC1[C@H](c2ccccc2)CC(C)(C)ON1C(=O)c1ccccc1)C(=O)OC. The van der Waals surface area contributed by atoms with E-state index in [0.717, 1.165) is 5.56 Å². The van der Waals surface area contributed by atoms with Crippen LogP contribution in [0.4, 0.5) is 0 Å². The van der Waals surface area contributed by atoms with E-state index >= 15 is 0 Å². The summed E-state index contributed by atoms with van der Waals surface area (Å²) in [6, 6.07) is 17.9. The van der Waals surface area contributed by atoms with E-state index in [1.54, 1.807) is 24.3 Å². The average Bonchev–Trinajstić information content (AvgIpc) is 2.82. The Morgan fingerprint density at radius 3 is 2.03 bits per heavy atom. The number of nitrogens with zero attached hydrogens (tertiary/aromatic N) is 1. The standard InChI is InChI=1S/C25H29NO6/c1-25(2)16-20(17-11-7-5-8-12-17)21(15-19(23(28)30-3)24(29)31-4)26(32-25)22(27)18-13-9-6-10-14-18/h5-14,19-21H,15-16H2,1-4H3/t20-,21?/m0/s1. The number of rotatable bonds is 6. The number of hydrogen-bond donors (Lipinski definition) is 0. The Morgan fingerprint density at radius 1 is 0.969 bits per heavy atom. The molecule has 170 valence electrons. The Morgan fingerprint density at radius 2 is 1.50 bits per heavy atom. The smallest absolute Gasteiger partial charge is 0.320 e. The van der Waals surface area contributed by atoms with Gasteiger partial charge < -0.3 is 9.47 Å². The first kappa shape index (κ1) is 23.5. The van der Waals surface area contributed by atoms with Crippen LogP contribution in [-0.4, -0.2) is 48.8 Å². The maximum Gasteiger partial charge on any atom is 0.320 e. The lowest BCUT2D eigenvalue weighted by molar-refractivity contribution is -0.259. The predicted molar refractivity (Wildman–Crippen MR) is 118 cm³/mol. The number of esters is 2. The van der Waals surface area contributed by atoms with Crippen molar-refractivity contribution in [2.24, 2.45) is 5.92 Å². The summed E-state index contributed by atoms with van der Waals surface area (Å²) < 4.78 is 9.71. The van der Waals surface area contributed by atoms with Crippen molar-refractivity contribution >= 4 is 17.8 Å². The first-order chi connectivity index (χ1) is 15.3. The van der Waals surface area contributed by atoms with E-state index in [2.05, 4.69) is 0 Å². The molecule has 1 aliphatic heterocycles. The van der Waals surface area contributed by atoms with Gasteiger partial charge in [-0.1, -0.05) is 48.5 Å². The van der Waals surface area contributed by atoms with Crippen LogP contribution in [0.3, 0.4) is 0 Å². The molecular formula is C25H29NO6. The first-order valence-corrected chi connectivity index (χ1v) is 10.6. The topological polar surface area (TPSA) is 82.1 Å². The molecule has 0 N–H and O–H groups in total. The largest absolute Gasteiger partial charge is 0.468 e. The van der Waals surface area contributed by atoms with Gasteiger partial charge in [0.1, 0.15) is 0 Å². The minimum Gasteiger partial charge on any atom is -0.468 e. The van der Waals surface area contributed by atoms with Crippen LogP contribution >= 0.6 is 0 Å². The highest BCUT2D eigenvalue weighted by molar-refractivity contribution is 5.96. The minimum absolute atomic E-state index is 0.00750. The Hall–Kier alpha value is -3.19. The van der Waals surface area contributed by atoms with Crippen molar-refractivity contribution in [2.75, 3.05) is 14.2 Å². The fourth-order valence-electron chi connectivity index (χ4n) is 4.22. The number of hydrogen-bond acceptors (Lipinski definition) is 6. The van der Waals surface area contributed by atoms with Gasteiger partial charge in [0.05, 0.1) is 25.9 Å². The molecule has 1 heterocycles. The molecular weight excluding hydrogens is 410 g/mol. The van der Waals surface area contributed by atoms with E-state index < -0.39 is 29.5 Å². The normalized spacial score (nSPS) is 20.0. The highest BCUT2D eigenvalue weighted by Gasteiger charge is 2.47. The van der Waals surface area contributed by atoms with Gasteiger partial charge >= 0.3 is 11.9 Å². The van der Waals surface area contributed by atoms with Crippen LogP contribution in [0, 0.1) is 5.92 Å². The molecule has 1 saturated heterocycles. The Kier molecular flexibility index (Phi) is 7.30. The van der Waals surface area contributed by atoms with Gasteiger partial charge in [-0.05, 0) is 44.4 Å². The van der Waals surface area contributed by atoms with Crippen LogP contribution in [0.2, 0.25) is 0 Å². The first-order valence-electron chi connectivity index (χ1n) is 10.6. The maximum atomic E-state index is 13.5. The van der Waals surface area contributed by atoms with Crippen LogP contribution in [0.1, 0.15) is 48.5 Å². The molecule has 1 aliphatic rings. The van der Waals surface area contributed by atoms with E-state index in [-0.39, 0.29) is 18.2 Å². The molecule has 0 aromatic heterocycles. The molecule has 0 spiro atoms. The molecule has 2 aromatic rings. The van der Waals surface area contributed by atoms with Gasteiger partial charge in [-0.15, -0.1) is 0 Å². The molecule has 7 heteroatoms. The molecule has 2 aromatic carbocycles. The average molecular weight is 440 g/mol. The summed E-state index contributed by atoms with van der Waals surface area (Å²) in [5.41, 5.74) is 0.802. The summed E-state index contributed by atoms with van der Waals surface area (Å²) in [4.78, 5) is 44.5. The molecule has 1 amide bonds. The van der Waals surface area contributed by atoms with Gasteiger partial charge in [-0.2, -0.15) is 0 Å². The summed E-state index contributed by atoms with van der Waals surface area (Å²) in [5.74, 6) is -3.11. The summed E-state index contributed by atoms with van der Waals surface area (Å²) in [6.45, 7) is 3.84. The van der Waals surface area contributed by atoms with Gasteiger partial charge in [0, 0.05) is 11.5 Å². The van der Waals surface area contributed by atoms with Crippen molar-refractivity contribution in [1.82, 2.24) is 5.06 Å². The molecule has 0 radical (unpaired) electrons. The Labute approximate surface area is 188 Å². The number of hydroxylamine groups is 2. The van der Waals surface area contributed by atoms with Gasteiger partial charge in [-0.25, -0.2) is 5.06 Å². The third-order valence-electron chi connectivity index (χ3n) is 5.72. The second-order valence-electron chi connectivity index (χ2n) is 8.47. The lowest BCUT2D eigenvalue weighted by Gasteiger charge is -2.48. The van der Waals surface area contributed by atoms with Crippen molar-refractivity contribution in [1.29, 1.82) is 0 Å². The highest BCUT2D eigenvalue weighted by atomic mass is 16.7. The van der Waals surface area contributed by atoms with E-state index in [4.69, 9.17) is 14.3 Å². The summed E-state index contributed by atoms with van der Waals surface area (Å²) in [5, 5.41) is 1.33. The molecule has 0 saturated carbocycles. The monoisotopic (exact) mass is 439 g/mol. The molecule has 3 rings (SSSR count). The zero-order valence-corrected chi connectivity index (χ0v) is 18.8. The van der Waals surface area contributed by atoms with Gasteiger partial charge in [0.2, 0.25) is 0 Å². The summed E-state index contributed by atoms with van der Waals surface area (Å²) in [7, 11) is 2.45. The van der Waals surface area contributed by atoms with Crippen molar-refractivity contribution in [3.05, 3.63) is 71.8 Å². The third kappa shape index (κ3) is 5.16. The summed E-state index contributed by atoms with van der Waals surface area (Å²) >= 11 is 0. The van der Waals surface area contributed by atoms with E-state index in [0.29, 0.717) is 12.0 Å². The number of carbonyl (C=O) groups is 3.